The summed E-state index contributed by atoms with van der Waals surface area (Å²) in [7, 11) is 3.70. The molecule has 0 aromatic carbocycles. The van der Waals surface area contributed by atoms with Crippen LogP contribution in [0, 0.1) is 7.05 Å². The maximum absolute atomic E-state index is 3.70. The summed E-state index contributed by atoms with van der Waals surface area (Å²) in [4.78, 5) is 0. The zero-order chi connectivity index (χ0) is 6.74. The quantitative estimate of drug-likeness (QED) is 0.536. The number of hydrogen-bond acceptors (Lipinski definition) is 2. The van der Waals surface area contributed by atoms with Crippen LogP contribution in [0.1, 0.15) is 19.8 Å². The van der Waals surface area contributed by atoms with Crippen LogP contribution in [0.4, 0.5) is 0 Å². The maximum Gasteiger partial charge on any atom is 0.0178 e. The van der Waals surface area contributed by atoms with E-state index in [0.29, 0.717) is 5.54 Å². The van der Waals surface area contributed by atoms with Gasteiger partial charge in [-0.25, -0.2) is 0 Å². The Labute approximate surface area is 57.0 Å². The lowest BCUT2D eigenvalue weighted by Gasteiger charge is -2.33. The number of nitrogens with one attached hydrogen (secondary N) is 2. The van der Waals surface area contributed by atoms with E-state index in [1.165, 1.54) is 12.8 Å². The lowest BCUT2D eigenvalue weighted by atomic mass is 9.91. The predicted octanol–water partition coefficient (Wildman–Crippen LogP) is 0.510. The van der Waals surface area contributed by atoms with Crippen molar-refractivity contribution in [2.75, 3.05) is 13.1 Å². The summed E-state index contributed by atoms with van der Waals surface area (Å²) in [6.45, 7) is 4.47. The van der Waals surface area contributed by atoms with Crippen LogP contribution in [0.15, 0.2) is 0 Å². The molecule has 0 aliphatic carbocycles. The van der Waals surface area contributed by atoms with E-state index in [9.17, 15) is 0 Å². The van der Waals surface area contributed by atoms with Crippen LogP contribution >= 0.6 is 0 Å². The summed E-state index contributed by atoms with van der Waals surface area (Å²) in [6.07, 6.45) is 2.38. The second kappa shape index (κ2) is 2.67. The average Bonchev–Trinajstić information content (AvgIpc) is 1.90. The fraction of sp³-hybridized carbons (Fsp3) is 0.857. The van der Waals surface area contributed by atoms with Crippen LogP contribution in [0.3, 0.4) is 0 Å². The molecule has 1 radical (unpaired) electrons. The molecule has 0 bridgehead atoms. The number of rotatable bonds is 1. The smallest absolute Gasteiger partial charge is 0.0178 e. The van der Waals surface area contributed by atoms with Crippen LogP contribution in [-0.2, 0) is 0 Å². The molecule has 0 spiro atoms. The molecular formula is C7H15N2. The van der Waals surface area contributed by atoms with Gasteiger partial charge in [-0.05, 0) is 32.9 Å². The van der Waals surface area contributed by atoms with Gasteiger partial charge in [0, 0.05) is 12.6 Å². The monoisotopic (exact) mass is 127 g/mol. The Morgan fingerprint density at radius 1 is 1.44 bits per heavy atom. The second-order valence-corrected chi connectivity index (χ2v) is 2.99. The Morgan fingerprint density at radius 3 is 2.33 bits per heavy atom. The molecular weight excluding hydrogens is 112 g/mol. The molecule has 0 amide bonds. The van der Waals surface area contributed by atoms with Gasteiger partial charge >= 0.3 is 0 Å². The molecule has 1 aliphatic heterocycles. The highest BCUT2D eigenvalue weighted by Crippen LogP contribution is 2.15. The van der Waals surface area contributed by atoms with Crippen molar-refractivity contribution in [1.82, 2.24) is 10.6 Å². The third-order valence-corrected chi connectivity index (χ3v) is 2.13. The Balaban J connectivity index is 2.37. The molecule has 2 nitrogen and oxygen atoms in total. The Morgan fingerprint density at radius 2 is 2.00 bits per heavy atom. The molecule has 9 heavy (non-hydrogen) atoms. The first-order valence-corrected chi connectivity index (χ1v) is 3.52. The van der Waals surface area contributed by atoms with E-state index in [4.69, 9.17) is 0 Å². The Bertz CT molecular complexity index is 84.9. The molecule has 1 aliphatic rings. The molecule has 0 saturated carbocycles. The normalized spacial score (nSPS) is 26.0. The highest BCUT2D eigenvalue weighted by Gasteiger charge is 2.23. The highest BCUT2D eigenvalue weighted by molar-refractivity contribution is 4.87. The largest absolute Gasteiger partial charge is 0.317 e. The van der Waals surface area contributed by atoms with E-state index in [-0.39, 0.29) is 0 Å². The second-order valence-electron chi connectivity index (χ2n) is 2.99. The van der Waals surface area contributed by atoms with E-state index in [1.54, 1.807) is 0 Å². The minimum absolute atomic E-state index is 0.297. The van der Waals surface area contributed by atoms with Crippen molar-refractivity contribution in [2.24, 2.45) is 0 Å². The van der Waals surface area contributed by atoms with Gasteiger partial charge in [-0.2, -0.15) is 0 Å². The molecule has 53 valence electrons. The summed E-state index contributed by atoms with van der Waals surface area (Å²) in [5.41, 5.74) is 0.297. The predicted molar refractivity (Wildman–Crippen MR) is 39.0 cm³/mol. The van der Waals surface area contributed by atoms with Crippen LogP contribution in [0.2, 0.25) is 0 Å². The van der Waals surface area contributed by atoms with Crippen molar-refractivity contribution in [3.8, 4) is 0 Å². The van der Waals surface area contributed by atoms with Crippen molar-refractivity contribution in [3.63, 3.8) is 0 Å². The summed E-state index contributed by atoms with van der Waals surface area (Å²) >= 11 is 0. The number of piperidine rings is 1. The standard InChI is InChI=1S/C7H15N2/c1-7(8-2)3-5-9-6-4-7/h8-9H,2-6H2,1H3. The topological polar surface area (TPSA) is 24.1 Å². The van der Waals surface area contributed by atoms with Crippen molar-refractivity contribution >= 4 is 0 Å². The maximum atomic E-state index is 3.70. The van der Waals surface area contributed by atoms with E-state index >= 15 is 0 Å². The molecule has 1 saturated heterocycles. The fourth-order valence-electron chi connectivity index (χ4n) is 1.16. The van der Waals surface area contributed by atoms with Crippen LogP contribution in [-0.4, -0.2) is 18.6 Å². The van der Waals surface area contributed by atoms with Gasteiger partial charge in [0.1, 0.15) is 0 Å². The Hall–Kier alpha value is -0.0800. The lowest BCUT2D eigenvalue weighted by molar-refractivity contribution is 0.294. The van der Waals surface area contributed by atoms with Crippen molar-refractivity contribution in [3.05, 3.63) is 7.05 Å². The van der Waals surface area contributed by atoms with Gasteiger partial charge in [0.05, 0.1) is 0 Å². The van der Waals surface area contributed by atoms with Gasteiger partial charge in [-0.3, -0.25) is 0 Å². The van der Waals surface area contributed by atoms with Crippen LogP contribution in [0.25, 0.3) is 0 Å². The summed E-state index contributed by atoms with van der Waals surface area (Å²) in [5.74, 6) is 0. The van der Waals surface area contributed by atoms with Gasteiger partial charge in [0.15, 0.2) is 0 Å². The zero-order valence-electron chi connectivity index (χ0n) is 6.04. The van der Waals surface area contributed by atoms with Gasteiger partial charge in [-0.1, -0.05) is 0 Å². The third kappa shape index (κ3) is 1.66. The SMILES string of the molecule is [CH2]NC1(C)CCNCC1. The summed E-state index contributed by atoms with van der Waals surface area (Å²) < 4.78 is 0. The van der Waals surface area contributed by atoms with Crippen LogP contribution in [0.5, 0.6) is 0 Å². The third-order valence-electron chi connectivity index (χ3n) is 2.13. The van der Waals surface area contributed by atoms with E-state index < -0.39 is 0 Å². The first kappa shape index (κ1) is 7.03. The van der Waals surface area contributed by atoms with Crippen LogP contribution < -0.4 is 10.6 Å². The highest BCUT2D eigenvalue weighted by atomic mass is 15.0. The fourth-order valence-corrected chi connectivity index (χ4v) is 1.16. The molecule has 0 aromatic rings. The van der Waals surface area contributed by atoms with Crippen molar-refractivity contribution in [1.29, 1.82) is 0 Å². The van der Waals surface area contributed by atoms with Gasteiger partial charge in [0.2, 0.25) is 0 Å². The van der Waals surface area contributed by atoms with Crippen molar-refractivity contribution in [2.45, 2.75) is 25.3 Å². The van der Waals surface area contributed by atoms with E-state index in [1.807, 2.05) is 0 Å². The minimum Gasteiger partial charge on any atom is -0.317 e. The molecule has 1 rings (SSSR count). The Kier molecular flexibility index (Phi) is 2.09. The molecule has 0 atom stereocenters. The minimum atomic E-state index is 0.297. The first-order valence-electron chi connectivity index (χ1n) is 3.52. The molecule has 2 heteroatoms. The molecule has 0 aromatic heterocycles. The summed E-state index contributed by atoms with van der Waals surface area (Å²) in [6, 6.07) is 0. The zero-order valence-corrected chi connectivity index (χ0v) is 6.04. The molecule has 1 heterocycles. The van der Waals surface area contributed by atoms with Gasteiger partial charge in [0.25, 0.3) is 0 Å². The average molecular weight is 127 g/mol. The first-order chi connectivity index (χ1) is 4.27. The van der Waals surface area contributed by atoms with E-state index in [0.717, 1.165) is 13.1 Å². The molecule has 0 unspecified atom stereocenters. The number of hydrogen-bond donors (Lipinski definition) is 2. The van der Waals surface area contributed by atoms with Gasteiger partial charge in [-0.15, -0.1) is 0 Å². The molecule has 2 N–H and O–H groups in total. The van der Waals surface area contributed by atoms with E-state index in [2.05, 4.69) is 24.6 Å². The summed E-state index contributed by atoms with van der Waals surface area (Å²) in [5, 5.41) is 6.40. The lowest BCUT2D eigenvalue weighted by Crippen LogP contribution is -2.47. The van der Waals surface area contributed by atoms with Crippen molar-refractivity contribution < 1.29 is 0 Å². The molecule has 1 fully saturated rings. The van der Waals surface area contributed by atoms with Gasteiger partial charge < -0.3 is 10.6 Å².